The molecule has 0 radical (unpaired) electrons. The molecule has 0 bridgehead atoms. The number of amides is 2. The van der Waals surface area contributed by atoms with Gasteiger partial charge in [0.25, 0.3) is 0 Å². The summed E-state index contributed by atoms with van der Waals surface area (Å²) in [7, 11) is 1.52. The number of hydrogen-bond acceptors (Lipinski definition) is 5. The van der Waals surface area contributed by atoms with Crippen LogP contribution in [0.4, 0.5) is 0 Å². The third-order valence-corrected chi connectivity index (χ3v) is 3.80. The minimum atomic E-state index is -0.392. The van der Waals surface area contributed by atoms with Gasteiger partial charge in [-0.25, -0.2) is 0 Å². The quantitative estimate of drug-likeness (QED) is 0.603. The van der Waals surface area contributed by atoms with Crippen LogP contribution in [0.2, 0.25) is 0 Å². The predicted molar refractivity (Wildman–Crippen MR) is 65.9 cm³/mol. The zero-order chi connectivity index (χ0) is 13.1. The molecule has 2 unspecified atom stereocenters. The minimum absolute atomic E-state index is 0.00834. The lowest BCUT2D eigenvalue weighted by molar-refractivity contribution is -0.138. The number of likely N-dealkylation sites (N-methyl/N-ethyl adjacent to an activating group) is 1. The SMILES string of the molecule is CN1C(=O)CC(N(CCO)CC2CCCN2)C1=O. The fourth-order valence-electron chi connectivity index (χ4n) is 2.72. The van der Waals surface area contributed by atoms with Gasteiger partial charge in [0.2, 0.25) is 11.8 Å². The van der Waals surface area contributed by atoms with Crippen LogP contribution in [-0.4, -0.2) is 72.1 Å². The Morgan fingerprint density at radius 3 is 2.78 bits per heavy atom. The Bertz CT molecular complexity index is 329. The third-order valence-electron chi connectivity index (χ3n) is 3.80. The molecule has 18 heavy (non-hydrogen) atoms. The van der Waals surface area contributed by atoms with Crippen molar-refractivity contribution < 1.29 is 14.7 Å². The number of aliphatic hydroxyl groups is 1. The van der Waals surface area contributed by atoms with E-state index in [1.807, 2.05) is 4.90 Å². The van der Waals surface area contributed by atoms with Gasteiger partial charge in [-0.2, -0.15) is 0 Å². The fourth-order valence-corrected chi connectivity index (χ4v) is 2.72. The maximum atomic E-state index is 12.0. The molecule has 6 heteroatoms. The van der Waals surface area contributed by atoms with E-state index < -0.39 is 6.04 Å². The normalized spacial score (nSPS) is 28.7. The van der Waals surface area contributed by atoms with E-state index in [9.17, 15) is 9.59 Å². The maximum absolute atomic E-state index is 12.0. The van der Waals surface area contributed by atoms with Crippen molar-refractivity contribution in [3.05, 3.63) is 0 Å². The molecule has 0 spiro atoms. The molecular weight excluding hydrogens is 234 g/mol. The van der Waals surface area contributed by atoms with Crippen molar-refractivity contribution in [2.45, 2.75) is 31.3 Å². The van der Waals surface area contributed by atoms with Crippen LogP contribution < -0.4 is 5.32 Å². The van der Waals surface area contributed by atoms with Crippen molar-refractivity contribution in [1.29, 1.82) is 0 Å². The second-order valence-electron chi connectivity index (χ2n) is 5.02. The lowest BCUT2D eigenvalue weighted by Crippen LogP contribution is -2.47. The first-order chi connectivity index (χ1) is 8.63. The highest BCUT2D eigenvalue weighted by molar-refractivity contribution is 6.05. The van der Waals surface area contributed by atoms with Crippen LogP contribution >= 0.6 is 0 Å². The number of likely N-dealkylation sites (tertiary alicyclic amines) is 1. The van der Waals surface area contributed by atoms with E-state index in [4.69, 9.17) is 5.11 Å². The smallest absolute Gasteiger partial charge is 0.246 e. The summed E-state index contributed by atoms with van der Waals surface area (Å²) < 4.78 is 0. The Morgan fingerprint density at radius 2 is 2.28 bits per heavy atom. The van der Waals surface area contributed by atoms with Crippen molar-refractivity contribution >= 4 is 11.8 Å². The highest BCUT2D eigenvalue weighted by Crippen LogP contribution is 2.18. The standard InChI is InChI=1S/C12H21N3O3/c1-14-11(17)7-10(12(14)18)15(5-6-16)8-9-3-2-4-13-9/h9-10,13,16H,2-8H2,1H3. The van der Waals surface area contributed by atoms with Gasteiger partial charge in [-0.1, -0.05) is 0 Å². The maximum Gasteiger partial charge on any atom is 0.246 e. The first-order valence-electron chi connectivity index (χ1n) is 6.52. The van der Waals surface area contributed by atoms with Crippen LogP contribution in [0.1, 0.15) is 19.3 Å². The first-order valence-corrected chi connectivity index (χ1v) is 6.52. The van der Waals surface area contributed by atoms with Crippen LogP contribution in [0.15, 0.2) is 0 Å². The number of nitrogens with one attached hydrogen (secondary N) is 1. The molecule has 2 aliphatic rings. The van der Waals surface area contributed by atoms with E-state index >= 15 is 0 Å². The van der Waals surface area contributed by atoms with Crippen LogP contribution in [0.3, 0.4) is 0 Å². The summed E-state index contributed by atoms with van der Waals surface area (Å²) in [5.41, 5.74) is 0. The zero-order valence-corrected chi connectivity index (χ0v) is 10.8. The topological polar surface area (TPSA) is 72.9 Å². The van der Waals surface area contributed by atoms with Crippen molar-refractivity contribution in [3.8, 4) is 0 Å². The molecule has 0 aliphatic carbocycles. The molecule has 2 aliphatic heterocycles. The molecular formula is C12H21N3O3. The van der Waals surface area contributed by atoms with Crippen LogP contribution in [0, 0.1) is 0 Å². The average Bonchev–Trinajstić information content (AvgIpc) is 2.93. The van der Waals surface area contributed by atoms with Gasteiger partial charge in [0, 0.05) is 26.2 Å². The molecule has 2 atom stereocenters. The first kappa shape index (κ1) is 13.5. The summed E-state index contributed by atoms with van der Waals surface area (Å²) in [5.74, 6) is -0.279. The van der Waals surface area contributed by atoms with Gasteiger partial charge in [-0.3, -0.25) is 19.4 Å². The van der Waals surface area contributed by atoms with Crippen LogP contribution in [0.5, 0.6) is 0 Å². The largest absolute Gasteiger partial charge is 0.395 e. The summed E-state index contributed by atoms with van der Waals surface area (Å²) in [6, 6.07) is -0.0255. The molecule has 0 saturated carbocycles. The molecule has 2 amide bonds. The van der Waals surface area contributed by atoms with Gasteiger partial charge in [-0.15, -0.1) is 0 Å². The van der Waals surface area contributed by atoms with Crippen LogP contribution in [0.25, 0.3) is 0 Å². The van der Waals surface area contributed by atoms with Crippen molar-refractivity contribution in [2.24, 2.45) is 0 Å². The average molecular weight is 255 g/mol. The van der Waals surface area contributed by atoms with Gasteiger partial charge < -0.3 is 10.4 Å². The summed E-state index contributed by atoms with van der Waals surface area (Å²) in [5, 5.41) is 12.5. The lowest BCUT2D eigenvalue weighted by Gasteiger charge is -2.28. The predicted octanol–water partition coefficient (Wildman–Crippen LogP) is -1.21. The molecule has 2 saturated heterocycles. The number of carbonyl (C=O) groups excluding carboxylic acids is 2. The number of hydrogen-bond donors (Lipinski definition) is 2. The van der Waals surface area contributed by atoms with E-state index in [0.29, 0.717) is 12.6 Å². The minimum Gasteiger partial charge on any atom is -0.395 e. The molecule has 0 aromatic carbocycles. The number of aliphatic hydroxyl groups excluding tert-OH is 1. The second-order valence-corrected chi connectivity index (χ2v) is 5.02. The number of rotatable bonds is 5. The van der Waals surface area contributed by atoms with E-state index in [1.54, 1.807) is 0 Å². The van der Waals surface area contributed by atoms with Crippen molar-refractivity contribution in [1.82, 2.24) is 15.1 Å². The summed E-state index contributed by atoms with van der Waals surface area (Å²) in [6.07, 6.45) is 2.48. The van der Waals surface area contributed by atoms with Gasteiger partial charge in [-0.05, 0) is 19.4 Å². The Morgan fingerprint density at radius 1 is 1.50 bits per heavy atom. The number of nitrogens with zero attached hydrogens (tertiary/aromatic N) is 2. The van der Waals surface area contributed by atoms with Gasteiger partial charge in [0.1, 0.15) is 0 Å². The highest BCUT2D eigenvalue weighted by Gasteiger charge is 2.40. The third kappa shape index (κ3) is 2.71. The Labute approximate surface area is 107 Å². The Hall–Kier alpha value is -0.980. The molecule has 0 aromatic heterocycles. The molecule has 2 rings (SSSR count). The molecule has 2 fully saturated rings. The molecule has 6 nitrogen and oxygen atoms in total. The van der Waals surface area contributed by atoms with Gasteiger partial charge in [0.05, 0.1) is 19.1 Å². The van der Waals surface area contributed by atoms with E-state index in [-0.39, 0.29) is 24.8 Å². The molecule has 2 N–H and O–H groups in total. The second kappa shape index (κ2) is 5.77. The zero-order valence-electron chi connectivity index (χ0n) is 10.8. The fraction of sp³-hybridized carbons (Fsp3) is 0.833. The van der Waals surface area contributed by atoms with Gasteiger partial charge >= 0.3 is 0 Å². The lowest BCUT2D eigenvalue weighted by atomic mass is 10.1. The summed E-state index contributed by atoms with van der Waals surface area (Å²) >= 11 is 0. The van der Waals surface area contributed by atoms with Crippen molar-refractivity contribution in [2.75, 3.05) is 33.3 Å². The highest BCUT2D eigenvalue weighted by atomic mass is 16.3. The van der Waals surface area contributed by atoms with Crippen molar-refractivity contribution in [3.63, 3.8) is 0 Å². The summed E-state index contributed by atoms with van der Waals surface area (Å²) in [6.45, 7) is 2.18. The molecule has 102 valence electrons. The van der Waals surface area contributed by atoms with Gasteiger partial charge in [0.15, 0.2) is 0 Å². The Kier molecular flexibility index (Phi) is 4.31. The monoisotopic (exact) mass is 255 g/mol. The molecule has 0 aromatic rings. The van der Waals surface area contributed by atoms with E-state index in [0.717, 1.165) is 25.9 Å². The van der Waals surface area contributed by atoms with E-state index in [1.165, 1.54) is 11.9 Å². The number of carbonyl (C=O) groups is 2. The number of imide groups is 1. The van der Waals surface area contributed by atoms with E-state index in [2.05, 4.69) is 5.32 Å². The molecule has 2 heterocycles. The van der Waals surface area contributed by atoms with Crippen LogP contribution in [-0.2, 0) is 9.59 Å². The summed E-state index contributed by atoms with van der Waals surface area (Å²) in [4.78, 5) is 26.6. The Balaban J connectivity index is 2.00.